The van der Waals surface area contributed by atoms with Gasteiger partial charge in [-0.1, -0.05) is 152 Å². The van der Waals surface area contributed by atoms with Crippen LogP contribution >= 0.6 is 7.92 Å². The van der Waals surface area contributed by atoms with E-state index in [0.29, 0.717) is 0 Å². The van der Waals surface area contributed by atoms with Crippen LogP contribution in [0.5, 0.6) is 0 Å². The SMILES string of the molecule is c1ccc(P(c2ccccc2)c2ccc(-c3cc4cc5c6c(cccc6c4c4ccccc34)-c3ccccc3-5)cc2)cc1. The van der Waals surface area contributed by atoms with E-state index >= 15 is 0 Å². The predicted octanol–water partition coefficient (Wildman–Crippen LogP) is 10.2. The van der Waals surface area contributed by atoms with Crippen molar-refractivity contribution in [2.24, 2.45) is 0 Å². The minimum Gasteiger partial charge on any atom is -0.0622 e. The summed E-state index contributed by atoms with van der Waals surface area (Å²) in [4.78, 5) is 0. The Kier molecular flexibility index (Phi) is 5.58. The first-order chi connectivity index (χ1) is 21.3. The van der Waals surface area contributed by atoms with Gasteiger partial charge in [-0.3, -0.25) is 0 Å². The van der Waals surface area contributed by atoms with Crippen molar-refractivity contribution in [3.8, 4) is 33.4 Å². The van der Waals surface area contributed by atoms with Gasteiger partial charge in [0, 0.05) is 0 Å². The van der Waals surface area contributed by atoms with Crippen LogP contribution in [0.3, 0.4) is 0 Å². The molecule has 0 radical (unpaired) electrons. The van der Waals surface area contributed by atoms with Crippen LogP contribution in [0, 0.1) is 0 Å². The molecule has 8 aromatic carbocycles. The molecular formula is C42H27P. The molecule has 0 fully saturated rings. The van der Waals surface area contributed by atoms with Gasteiger partial charge in [-0.05, 0) is 102 Å². The lowest BCUT2D eigenvalue weighted by Gasteiger charge is -2.20. The fourth-order valence-corrected chi connectivity index (χ4v) is 9.39. The minimum absolute atomic E-state index is 0.636. The van der Waals surface area contributed by atoms with E-state index in [4.69, 9.17) is 0 Å². The monoisotopic (exact) mass is 562 g/mol. The molecule has 0 unspecified atom stereocenters. The summed E-state index contributed by atoms with van der Waals surface area (Å²) in [5.41, 5.74) is 7.91. The average molecular weight is 563 g/mol. The first-order valence-corrected chi connectivity index (χ1v) is 16.2. The van der Waals surface area contributed by atoms with Crippen molar-refractivity contribution >= 4 is 56.2 Å². The van der Waals surface area contributed by atoms with E-state index in [1.807, 2.05) is 0 Å². The van der Waals surface area contributed by atoms with E-state index in [9.17, 15) is 0 Å². The zero-order valence-corrected chi connectivity index (χ0v) is 24.4. The number of benzene rings is 8. The summed E-state index contributed by atoms with van der Waals surface area (Å²) in [7, 11) is -0.636. The molecule has 1 heteroatoms. The number of fused-ring (bicyclic) bond motifs is 7. The lowest BCUT2D eigenvalue weighted by Crippen LogP contribution is -2.20. The van der Waals surface area contributed by atoms with Crippen molar-refractivity contribution in [3.63, 3.8) is 0 Å². The molecule has 0 spiro atoms. The van der Waals surface area contributed by atoms with Gasteiger partial charge in [-0.25, -0.2) is 0 Å². The Morgan fingerprint density at radius 3 is 1.51 bits per heavy atom. The average Bonchev–Trinajstić information content (AvgIpc) is 3.40. The summed E-state index contributed by atoms with van der Waals surface area (Å²) >= 11 is 0. The first-order valence-electron chi connectivity index (χ1n) is 14.9. The third kappa shape index (κ3) is 3.81. The molecule has 0 N–H and O–H groups in total. The number of hydrogen-bond donors (Lipinski definition) is 0. The zero-order chi connectivity index (χ0) is 28.3. The third-order valence-corrected chi connectivity index (χ3v) is 11.4. The van der Waals surface area contributed by atoms with Crippen LogP contribution in [0.4, 0.5) is 0 Å². The Hall–Kier alpha value is -5.03. The second-order valence-corrected chi connectivity index (χ2v) is 13.5. The van der Waals surface area contributed by atoms with Crippen molar-refractivity contribution in [2.75, 3.05) is 0 Å². The molecule has 1 aliphatic carbocycles. The summed E-state index contributed by atoms with van der Waals surface area (Å²) in [5, 5.41) is 12.1. The number of hydrogen-bond acceptors (Lipinski definition) is 0. The van der Waals surface area contributed by atoms with Gasteiger partial charge in [0.2, 0.25) is 0 Å². The highest BCUT2D eigenvalue weighted by atomic mass is 31.1. The van der Waals surface area contributed by atoms with Crippen LogP contribution in [0.1, 0.15) is 0 Å². The number of rotatable bonds is 4. The zero-order valence-electron chi connectivity index (χ0n) is 23.5. The van der Waals surface area contributed by atoms with Crippen molar-refractivity contribution in [3.05, 3.63) is 164 Å². The fraction of sp³-hybridized carbons (Fsp3) is 0. The Labute approximate surface area is 252 Å². The van der Waals surface area contributed by atoms with Crippen LogP contribution in [-0.2, 0) is 0 Å². The highest BCUT2D eigenvalue weighted by molar-refractivity contribution is 7.79. The second-order valence-electron chi connectivity index (χ2n) is 11.3. The van der Waals surface area contributed by atoms with E-state index in [1.54, 1.807) is 0 Å². The summed E-state index contributed by atoms with van der Waals surface area (Å²) < 4.78 is 0. The molecule has 200 valence electrons. The smallest absolute Gasteiger partial charge is 0.00197 e. The predicted molar refractivity (Wildman–Crippen MR) is 188 cm³/mol. The topological polar surface area (TPSA) is 0 Å². The molecule has 0 atom stereocenters. The minimum atomic E-state index is -0.636. The van der Waals surface area contributed by atoms with Gasteiger partial charge in [0.25, 0.3) is 0 Å². The molecule has 0 aromatic heterocycles. The van der Waals surface area contributed by atoms with E-state index in [2.05, 4.69) is 164 Å². The Morgan fingerprint density at radius 1 is 0.302 bits per heavy atom. The van der Waals surface area contributed by atoms with Gasteiger partial charge in [-0.2, -0.15) is 0 Å². The Morgan fingerprint density at radius 2 is 0.814 bits per heavy atom. The van der Waals surface area contributed by atoms with Crippen LogP contribution in [-0.4, -0.2) is 0 Å². The third-order valence-electron chi connectivity index (χ3n) is 8.95. The summed E-state index contributed by atoms with van der Waals surface area (Å²) in [6.45, 7) is 0. The normalized spacial score (nSPS) is 11.9. The van der Waals surface area contributed by atoms with Gasteiger partial charge >= 0.3 is 0 Å². The van der Waals surface area contributed by atoms with Crippen LogP contribution in [0.25, 0.3) is 65.7 Å². The second kappa shape index (κ2) is 9.77. The molecule has 0 nitrogen and oxygen atoms in total. The molecule has 8 aromatic rings. The van der Waals surface area contributed by atoms with Crippen molar-refractivity contribution in [2.45, 2.75) is 0 Å². The maximum absolute atomic E-state index is 2.43. The lowest BCUT2D eigenvalue weighted by molar-refractivity contribution is 1.69. The first kappa shape index (κ1) is 24.6. The summed E-state index contributed by atoms with van der Waals surface area (Å²) in [6, 6.07) is 60.7. The molecule has 1 aliphatic rings. The standard InChI is InChI=1S/C42H27P/c1-3-12-30(13-4-1)43(31-14-5-2-6-15-31)32-24-22-28(23-25-32)39-26-29-27-40-34-17-8-7-16-33(34)37-20-11-21-38(42(37)40)41(29)36-19-10-9-18-35(36)39/h1-27H. The molecule has 9 rings (SSSR count). The largest absolute Gasteiger partial charge is 0.0622 e. The highest BCUT2D eigenvalue weighted by Gasteiger charge is 2.23. The maximum Gasteiger partial charge on any atom is -0.00197 e. The van der Waals surface area contributed by atoms with Crippen molar-refractivity contribution in [1.29, 1.82) is 0 Å². The fourth-order valence-electron chi connectivity index (χ4n) is 7.11. The summed E-state index contributed by atoms with van der Waals surface area (Å²) in [6.07, 6.45) is 0. The maximum atomic E-state index is 2.43. The van der Waals surface area contributed by atoms with Crippen LogP contribution in [0.15, 0.2) is 164 Å². The van der Waals surface area contributed by atoms with E-state index < -0.39 is 7.92 Å². The van der Waals surface area contributed by atoms with E-state index in [0.717, 1.165) is 0 Å². The molecule has 0 heterocycles. The van der Waals surface area contributed by atoms with E-state index in [1.165, 1.54) is 81.6 Å². The lowest BCUT2D eigenvalue weighted by atomic mass is 9.89. The molecule has 0 saturated heterocycles. The molecular weight excluding hydrogens is 535 g/mol. The Balaban J connectivity index is 1.25. The molecule has 43 heavy (non-hydrogen) atoms. The quantitative estimate of drug-likeness (QED) is 0.148. The van der Waals surface area contributed by atoms with Gasteiger partial charge in [0.15, 0.2) is 0 Å². The molecule has 0 saturated carbocycles. The molecule has 0 aliphatic heterocycles. The summed E-state index contributed by atoms with van der Waals surface area (Å²) in [5.74, 6) is 0. The van der Waals surface area contributed by atoms with Crippen molar-refractivity contribution < 1.29 is 0 Å². The van der Waals surface area contributed by atoms with Gasteiger partial charge in [0.05, 0.1) is 0 Å². The van der Waals surface area contributed by atoms with Crippen LogP contribution < -0.4 is 15.9 Å². The van der Waals surface area contributed by atoms with Gasteiger partial charge in [-0.15, -0.1) is 0 Å². The highest BCUT2D eigenvalue weighted by Crippen LogP contribution is 2.51. The van der Waals surface area contributed by atoms with Crippen molar-refractivity contribution in [1.82, 2.24) is 0 Å². The van der Waals surface area contributed by atoms with Gasteiger partial charge in [0.1, 0.15) is 0 Å². The van der Waals surface area contributed by atoms with Gasteiger partial charge < -0.3 is 0 Å². The van der Waals surface area contributed by atoms with E-state index in [-0.39, 0.29) is 0 Å². The molecule has 0 amide bonds. The van der Waals surface area contributed by atoms with Crippen LogP contribution in [0.2, 0.25) is 0 Å². The Bertz CT molecular complexity index is 2280. The molecule has 0 bridgehead atoms.